The van der Waals surface area contributed by atoms with E-state index in [-0.39, 0.29) is 0 Å². The van der Waals surface area contributed by atoms with Gasteiger partial charge in [0.25, 0.3) is 0 Å². The molecule has 0 saturated heterocycles. The van der Waals surface area contributed by atoms with E-state index in [4.69, 9.17) is 0 Å². The van der Waals surface area contributed by atoms with Crippen LogP contribution in [0.15, 0.2) is 430 Å². The Morgan fingerprint density at radius 3 is 0.661 bits per heavy atom. The smallest absolute Gasteiger partial charge is 0.209 e. The van der Waals surface area contributed by atoms with Gasteiger partial charge in [-0.15, -0.1) is 22.7 Å². The molecule has 2 aromatic heterocycles. The van der Waals surface area contributed by atoms with Gasteiger partial charge in [-0.3, -0.25) is 0 Å². The van der Waals surface area contributed by atoms with Gasteiger partial charge >= 0.3 is 0 Å². The second kappa shape index (κ2) is 32.5. The van der Waals surface area contributed by atoms with Crippen LogP contribution in [0.4, 0.5) is 0 Å². The summed E-state index contributed by atoms with van der Waals surface area (Å²) in [6.45, 7) is 0. The van der Waals surface area contributed by atoms with Gasteiger partial charge in [0, 0.05) is 99.5 Å². The van der Waals surface area contributed by atoms with Gasteiger partial charge in [-0.1, -0.05) is 361 Å². The van der Waals surface area contributed by atoms with Crippen LogP contribution in [0.25, 0.3) is 84.9 Å². The average molecular weight is 1600 g/mol. The van der Waals surface area contributed by atoms with Crippen molar-refractivity contribution in [2.24, 2.45) is 0 Å². The summed E-state index contributed by atoms with van der Waals surface area (Å²) in [6, 6.07) is 143. The van der Waals surface area contributed by atoms with Crippen molar-refractivity contribution in [2.45, 2.75) is 29.4 Å². The Labute approximate surface area is 665 Å². The second-order valence-corrected chi connectivity index (χ2v) is 45.8. The summed E-state index contributed by atoms with van der Waals surface area (Å²) in [4.78, 5) is 5.18. The van der Waals surface area contributed by atoms with Crippen LogP contribution in [-0.4, -0.2) is 8.42 Å². The molecule has 0 unspecified atom stereocenters. The zero-order valence-electron chi connectivity index (χ0n) is 58.6. The SMILES string of the molecule is O=S(=O)(c1c(-c2ccc(SP(c3ccccc3)c3ccccc3)cc2)ccc2sc3ccc(-c4ccc(SP(c5ccccc5)c5ccccc5)cc4)cc3c12)c1c(-c2ccc(SP(c3ccccc3)c3ccccc3)cc2)ccc2sc3ccc(-c4ccc(SP(c5ccccc5)c5ccccc5)cc4)cc3c12. The molecule has 0 N–H and O–H groups in total. The van der Waals surface area contributed by atoms with Gasteiger partial charge in [-0.2, -0.15) is 0 Å². The van der Waals surface area contributed by atoms with E-state index in [1.807, 2.05) is 45.5 Å². The van der Waals surface area contributed by atoms with E-state index in [1.54, 1.807) is 22.7 Å². The normalized spacial score (nSPS) is 11.9. The minimum absolute atomic E-state index is 0.304. The van der Waals surface area contributed by atoms with Crippen LogP contribution in [0.1, 0.15) is 0 Å². The Morgan fingerprint density at radius 2 is 0.422 bits per heavy atom. The summed E-state index contributed by atoms with van der Waals surface area (Å²) in [7, 11) is -7.68. The third kappa shape index (κ3) is 15.3. The maximum absolute atomic E-state index is 18.0. The average Bonchev–Trinajstić information content (AvgIpc) is 1.62. The van der Waals surface area contributed by atoms with Crippen molar-refractivity contribution >= 4 is 189 Å². The largest absolute Gasteiger partial charge is 0.218 e. The quantitative estimate of drug-likeness (QED) is 0.0629. The summed E-state index contributed by atoms with van der Waals surface area (Å²) in [6.07, 6.45) is 0. The fraction of sp³-hybridized carbons (Fsp3) is 0. The summed E-state index contributed by atoms with van der Waals surface area (Å²) >= 11 is 10.9. The lowest BCUT2D eigenvalue weighted by atomic mass is 10.00. The molecule has 0 aliphatic heterocycles. The lowest BCUT2D eigenvalue weighted by Gasteiger charge is -2.20. The Bertz CT molecular complexity index is 5790. The Hall–Kier alpha value is -8.97. The first-order chi connectivity index (χ1) is 53.8. The Balaban J connectivity index is 0.804. The molecule has 0 aliphatic rings. The molecule has 109 heavy (non-hydrogen) atoms. The molecule has 2 nitrogen and oxygen atoms in total. The maximum atomic E-state index is 18.0. The molecule has 0 aliphatic carbocycles. The third-order valence-electron chi connectivity index (χ3n) is 19.1. The molecule has 0 fully saturated rings. The number of fused-ring (bicyclic) bond motifs is 6. The minimum atomic E-state index is -4.55. The first-order valence-corrected chi connectivity index (χ1v) is 49.9. The van der Waals surface area contributed by atoms with E-state index in [0.29, 0.717) is 20.9 Å². The second-order valence-electron chi connectivity index (χ2n) is 26.1. The third-order valence-corrected chi connectivity index (χ3v) is 41.9. The zero-order valence-corrected chi connectivity index (χ0v) is 67.9. The maximum Gasteiger partial charge on any atom is 0.209 e. The molecular formula is C96H66O2P4S7. The highest BCUT2D eigenvalue weighted by molar-refractivity contribution is 8.61. The monoisotopic (exact) mass is 1600 g/mol. The molecule has 18 rings (SSSR count). The number of hydrogen-bond acceptors (Lipinski definition) is 8. The van der Waals surface area contributed by atoms with Crippen molar-refractivity contribution in [3.63, 3.8) is 0 Å². The van der Waals surface area contributed by atoms with Crippen LogP contribution in [0.2, 0.25) is 0 Å². The van der Waals surface area contributed by atoms with Crippen molar-refractivity contribution in [1.82, 2.24) is 0 Å². The highest BCUT2D eigenvalue weighted by atomic mass is 32.7. The lowest BCUT2D eigenvalue weighted by Crippen LogP contribution is -2.09. The molecule has 0 amide bonds. The first-order valence-electron chi connectivity index (χ1n) is 35.8. The zero-order chi connectivity index (χ0) is 73.0. The summed E-state index contributed by atoms with van der Waals surface area (Å²) < 4.78 is 39.8. The molecule has 0 atom stereocenters. The van der Waals surface area contributed by atoms with E-state index in [9.17, 15) is 0 Å². The summed E-state index contributed by atoms with van der Waals surface area (Å²) in [5, 5.41) is 13.6. The Morgan fingerprint density at radius 1 is 0.211 bits per heavy atom. The van der Waals surface area contributed by atoms with Crippen molar-refractivity contribution in [2.75, 3.05) is 0 Å². The van der Waals surface area contributed by atoms with Crippen LogP contribution in [-0.2, 0) is 9.84 Å². The van der Waals surface area contributed by atoms with Gasteiger partial charge in [0.15, 0.2) is 0 Å². The number of benzene rings is 16. The summed E-state index contributed by atoms with van der Waals surface area (Å²) in [5.41, 5.74) is 7.10. The standard InChI is InChI=1S/C96H66O2P4S7/c97-109(98,95-85(69-45-55-83(56-46-69)107-101(77-33-17-5-18-34-77)78-35-19-6-20-36-78)59-63-91-93(95)87-65-71(49-61-89(87)103-91)67-41-51-81(52-42-67)105-99(73-25-9-1-10-26-73)74-27-11-2-12-28-74)96-86(70-47-57-84(58-48-70)108-102(79-37-21-7-22-38-79)80-39-23-8-24-40-80)60-64-92-94(96)88-66-72(50-62-90(88)104-92)68-43-53-82(54-44-68)106-100(75-29-13-3-14-30-75)76-31-15-4-16-32-76/h1-66H. The van der Waals surface area contributed by atoms with Gasteiger partial charge in [0.1, 0.15) is 0 Å². The fourth-order valence-corrected chi connectivity index (χ4v) is 35.2. The molecule has 0 saturated carbocycles. The first kappa shape index (κ1) is 71.6. The molecule has 18 aromatic rings. The van der Waals surface area contributed by atoms with Gasteiger partial charge in [0.05, 0.1) is 9.79 Å². The molecule has 0 bridgehead atoms. The van der Waals surface area contributed by atoms with Crippen LogP contribution in [0.5, 0.6) is 0 Å². The van der Waals surface area contributed by atoms with E-state index in [1.165, 1.54) is 52.2 Å². The molecule has 524 valence electrons. The predicted molar refractivity (Wildman–Crippen MR) is 486 cm³/mol. The van der Waals surface area contributed by atoms with Gasteiger partial charge in [-0.25, -0.2) is 8.42 Å². The fourth-order valence-electron chi connectivity index (χ4n) is 13.9. The molecular weight excluding hydrogens is 1530 g/mol. The minimum Gasteiger partial charge on any atom is -0.218 e. The van der Waals surface area contributed by atoms with E-state index in [0.717, 1.165) is 83.5 Å². The van der Waals surface area contributed by atoms with Gasteiger partial charge in [-0.05, 0) is 161 Å². The van der Waals surface area contributed by atoms with Crippen LogP contribution in [0.3, 0.4) is 0 Å². The van der Waals surface area contributed by atoms with E-state index in [2.05, 4.69) is 400 Å². The molecule has 0 spiro atoms. The summed E-state index contributed by atoms with van der Waals surface area (Å²) in [5.74, 6) is 0. The van der Waals surface area contributed by atoms with Crippen LogP contribution in [0, 0.1) is 0 Å². The van der Waals surface area contributed by atoms with E-state index >= 15 is 8.42 Å². The van der Waals surface area contributed by atoms with Gasteiger partial charge in [0.2, 0.25) is 9.84 Å². The van der Waals surface area contributed by atoms with Crippen LogP contribution >= 0.6 is 96.7 Å². The Kier molecular flexibility index (Phi) is 21.4. The lowest BCUT2D eigenvalue weighted by molar-refractivity contribution is 0.598. The highest BCUT2D eigenvalue weighted by Crippen LogP contribution is 2.57. The topological polar surface area (TPSA) is 34.1 Å². The van der Waals surface area contributed by atoms with Crippen LogP contribution < -0.4 is 42.4 Å². The number of hydrogen-bond donors (Lipinski definition) is 0. The number of thiophene rings is 2. The van der Waals surface area contributed by atoms with Crippen molar-refractivity contribution < 1.29 is 8.42 Å². The number of rotatable bonds is 22. The van der Waals surface area contributed by atoms with Gasteiger partial charge < -0.3 is 0 Å². The van der Waals surface area contributed by atoms with E-state index < -0.39 is 38.3 Å². The number of sulfone groups is 1. The predicted octanol–water partition coefficient (Wildman–Crippen LogP) is 26.5. The molecule has 16 aromatic carbocycles. The van der Waals surface area contributed by atoms with Crippen molar-refractivity contribution in [3.8, 4) is 44.5 Å². The molecule has 2 heterocycles. The molecule has 13 heteroatoms. The van der Waals surface area contributed by atoms with Crippen molar-refractivity contribution in [3.05, 3.63) is 400 Å². The van der Waals surface area contributed by atoms with Crippen molar-refractivity contribution in [1.29, 1.82) is 0 Å². The highest BCUT2D eigenvalue weighted by Gasteiger charge is 2.34. The molecule has 0 radical (unpaired) electrons.